The van der Waals surface area contributed by atoms with Gasteiger partial charge in [0, 0.05) is 5.02 Å². The first-order valence-electron chi connectivity index (χ1n) is 6.44. The molecular weight excluding hydrogens is 319 g/mol. The number of rotatable bonds is 6. The highest BCUT2D eigenvalue weighted by Gasteiger charge is 2.51. The summed E-state index contributed by atoms with van der Waals surface area (Å²) in [6.45, 7) is 2.36. The van der Waals surface area contributed by atoms with Gasteiger partial charge in [-0.05, 0) is 49.9 Å². The number of primary amides is 1. The Bertz CT molecular complexity index is 521. The van der Waals surface area contributed by atoms with Crippen molar-refractivity contribution in [1.82, 2.24) is 5.32 Å². The molecule has 1 saturated carbocycles. The van der Waals surface area contributed by atoms with Crippen molar-refractivity contribution in [3.63, 3.8) is 0 Å². The standard InChI is InChI=1S/C14H17Cl3N2O/c1-13(12(18)20,9-3-2-4-11(15)7-9)19-6-5-10-8-14(10,16)17/h2-4,7,10,19H,5-6,8H2,1H3,(H2,18,20)/t10-,13-/m0/s1. The average Bonchev–Trinajstić information content (AvgIpc) is 2.96. The van der Waals surface area contributed by atoms with Crippen LogP contribution in [-0.2, 0) is 10.3 Å². The molecule has 0 heterocycles. The van der Waals surface area contributed by atoms with E-state index in [0.717, 1.165) is 18.4 Å². The van der Waals surface area contributed by atoms with Crippen molar-refractivity contribution >= 4 is 40.7 Å². The van der Waals surface area contributed by atoms with E-state index in [-0.39, 0.29) is 5.92 Å². The molecule has 1 amide bonds. The Balaban J connectivity index is 2.04. The van der Waals surface area contributed by atoms with E-state index in [1.807, 2.05) is 6.07 Å². The zero-order valence-electron chi connectivity index (χ0n) is 11.1. The number of carbonyl (C=O) groups excluding carboxylic acids is 1. The van der Waals surface area contributed by atoms with Gasteiger partial charge in [0.05, 0.1) is 0 Å². The molecular formula is C14H17Cl3N2O. The van der Waals surface area contributed by atoms with Gasteiger partial charge in [-0.1, -0.05) is 23.7 Å². The summed E-state index contributed by atoms with van der Waals surface area (Å²) in [7, 11) is 0. The Morgan fingerprint density at radius 1 is 1.55 bits per heavy atom. The number of nitrogens with one attached hydrogen (secondary N) is 1. The van der Waals surface area contributed by atoms with Crippen molar-refractivity contribution in [1.29, 1.82) is 0 Å². The maximum atomic E-state index is 11.8. The first-order chi connectivity index (χ1) is 9.25. The quantitative estimate of drug-likeness (QED) is 0.784. The van der Waals surface area contributed by atoms with Gasteiger partial charge in [-0.2, -0.15) is 0 Å². The second-order valence-corrected chi connectivity index (χ2v) is 7.36. The molecule has 2 rings (SSSR count). The molecule has 1 aromatic carbocycles. The number of hydrogen-bond acceptors (Lipinski definition) is 2. The number of halogens is 3. The SMILES string of the molecule is C[C@@](NCC[C@H]1CC1(Cl)Cl)(C(N)=O)c1cccc(Cl)c1. The Morgan fingerprint density at radius 2 is 2.20 bits per heavy atom. The van der Waals surface area contributed by atoms with Crippen molar-refractivity contribution in [3.05, 3.63) is 34.9 Å². The monoisotopic (exact) mass is 334 g/mol. The summed E-state index contributed by atoms with van der Waals surface area (Å²) in [5.41, 5.74) is 5.33. The average molecular weight is 336 g/mol. The van der Waals surface area contributed by atoms with Crippen LogP contribution < -0.4 is 11.1 Å². The zero-order valence-corrected chi connectivity index (χ0v) is 13.4. The molecule has 1 aliphatic rings. The van der Waals surface area contributed by atoms with Crippen LogP contribution in [0.2, 0.25) is 5.02 Å². The number of amides is 1. The van der Waals surface area contributed by atoms with Gasteiger partial charge in [-0.3, -0.25) is 10.1 Å². The molecule has 6 heteroatoms. The fourth-order valence-electron chi connectivity index (χ4n) is 2.21. The molecule has 0 bridgehead atoms. The summed E-state index contributed by atoms with van der Waals surface area (Å²) in [5, 5.41) is 3.77. The van der Waals surface area contributed by atoms with Crippen molar-refractivity contribution < 1.29 is 4.79 Å². The van der Waals surface area contributed by atoms with E-state index in [9.17, 15) is 4.79 Å². The minimum Gasteiger partial charge on any atom is -0.368 e. The molecule has 1 aliphatic carbocycles. The summed E-state index contributed by atoms with van der Waals surface area (Å²) in [6.07, 6.45) is 1.60. The molecule has 0 aromatic heterocycles. The predicted molar refractivity (Wildman–Crippen MR) is 83.2 cm³/mol. The zero-order chi connectivity index (χ0) is 15.0. The second kappa shape index (κ2) is 5.72. The molecule has 3 nitrogen and oxygen atoms in total. The van der Waals surface area contributed by atoms with E-state index >= 15 is 0 Å². The van der Waals surface area contributed by atoms with Crippen LogP contribution in [0.25, 0.3) is 0 Å². The molecule has 2 atom stereocenters. The van der Waals surface area contributed by atoms with Crippen LogP contribution in [0.5, 0.6) is 0 Å². The molecule has 110 valence electrons. The van der Waals surface area contributed by atoms with Gasteiger partial charge in [-0.15, -0.1) is 23.2 Å². The molecule has 0 aliphatic heterocycles. The Labute approximate surface area is 133 Å². The summed E-state index contributed by atoms with van der Waals surface area (Å²) >= 11 is 17.9. The lowest BCUT2D eigenvalue weighted by Crippen LogP contribution is -2.50. The summed E-state index contributed by atoms with van der Waals surface area (Å²) in [6, 6.07) is 7.12. The fraction of sp³-hybridized carbons (Fsp3) is 0.500. The van der Waals surface area contributed by atoms with Gasteiger partial charge >= 0.3 is 0 Å². The molecule has 0 unspecified atom stereocenters. The topological polar surface area (TPSA) is 55.1 Å². The van der Waals surface area contributed by atoms with Crippen molar-refractivity contribution in [2.24, 2.45) is 11.7 Å². The smallest absolute Gasteiger partial charge is 0.242 e. The lowest BCUT2D eigenvalue weighted by molar-refractivity contribution is -0.124. The Kier molecular flexibility index (Phi) is 4.55. The maximum Gasteiger partial charge on any atom is 0.242 e. The van der Waals surface area contributed by atoms with E-state index in [2.05, 4.69) is 5.32 Å². The van der Waals surface area contributed by atoms with Gasteiger partial charge in [-0.25, -0.2) is 0 Å². The molecule has 3 N–H and O–H groups in total. The summed E-state index contributed by atoms with van der Waals surface area (Å²) in [4.78, 5) is 11.8. The van der Waals surface area contributed by atoms with Crippen molar-refractivity contribution in [3.8, 4) is 0 Å². The van der Waals surface area contributed by atoms with Crippen molar-refractivity contribution in [2.75, 3.05) is 6.54 Å². The van der Waals surface area contributed by atoms with E-state index in [0.29, 0.717) is 11.6 Å². The van der Waals surface area contributed by atoms with E-state index in [1.54, 1.807) is 25.1 Å². The first-order valence-corrected chi connectivity index (χ1v) is 7.58. The maximum absolute atomic E-state index is 11.8. The van der Waals surface area contributed by atoms with Gasteiger partial charge in [0.2, 0.25) is 5.91 Å². The van der Waals surface area contributed by atoms with Crippen LogP contribution in [0.15, 0.2) is 24.3 Å². The van der Waals surface area contributed by atoms with E-state index in [1.165, 1.54) is 0 Å². The van der Waals surface area contributed by atoms with Crippen LogP contribution in [0.4, 0.5) is 0 Å². The summed E-state index contributed by atoms with van der Waals surface area (Å²) < 4.78 is -0.596. The largest absolute Gasteiger partial charge is 0.368 e. The van der Waals surface area contributed by atoms with Crippen LogP contribution in [0, 0.1) is 5.92 Å². The highest BCUT2D eigenvalue weighted by atomic mass is 35.5. The highest BCUT2D eigenvalue weighted by Crippen LogP contribution is 2.54. The molecule has 0 radical (unpaired) electrons. The van der Waals surface area contributed by atoms with Crippen LogP contribution in [0.3, 0.4) is 0 Å². The van der Waals surface area contributed by atoms with Crippen LogP contribution in [-0.4, -0.2) is 16.8 Å². The summed E-state index contributed by atoms with van der Waals surface area (Å²) in [5.74, 6) is -0.173. The number of alkyl halides is 2. The van der Waals surface area contributed by atoms with Gasteiger partial charge < -0.3 is 5.73 Å². The highest BCUT2D eigenvalue weighted by molar-refractivity contribution is 6.50. The first kappa shape index (κ1) is 15.9. The molecule has 1 aromatic rings. The van der Waals surface area contributed by atoms with Crippen LogP contribution >= 0.6 is 34.8 Å². The van der Waals surface area contributed by atoms with Gasteiger partial charge in [0.1, 0.15) is 9.87 Å². The third kappa shape index (κ3) is 3.40. The number of hydrogen-bond donors (Lipinski definition) is 2. The van der Waals surface area contributed by atoms with Crippen molar-refractivity contribution in [2.45, 2.75) is 29.6 Å². The van der Waals surface area contributed by atoms with Gasteiger partial charge in [0.15, 0.2) is 0 Å². The lowest BCUT2D eigenvalue weighted by Gasteiger charge is -2.28. The Morgan fingerprint density at radius 3 is 2.70 bits per heavy atom. The number of benzene rings is 1. The number of carbonyl (C=O) groups is 1. The van der Waals surface area contributed by atoms with Crippen LogP contribution in [0.1, 0.15) is 25.3 Å². The molecule has 1 fully saturated rings. The predicted octanol–water partition coefficient (Wildman–Crippen LogP) is 3.21. The van der Waals surface area contributed by atoms with Gasteiger partial charge in [0.25, 0.3) is 0 Å². The lowest BCUT2D eigenvalue weighted by atomic mass is 9.91. The van der Waals surface area contributed by atoms with E-state index < -0.39 is 15.8 Å². The number of nitrogens with two attached hydrogens (primary N) is 1. The third-order valence-corrected chi connectivity index (χ3v) is 4.98. The molecule has 0 saturated heterocycles. The second-order valence-electron chi connectivity index (χ2n) is 5.38. The fourth-order valence-corrected chi connectivity index (χ4v) is 2.99. The minimum atomic E-state index is -0.957. The van der Waals surface area contributed by atoms with E-state index in [4.69, 9.17) is 40.5 Å². The normalized spacial score (nSPS) is 23.1. The Hall–Kier alpha value is -0.480. The molecule has 0 spiro atoms. The third-order valence-electron chi connectivity index (χ3n) is 3.82. The minimum absolute atomic E-state index is 0.273. The molecule has 20 heavy (non-hydrogen) atoms.